The molecule has 0 radical (unpaired) electrons. The molecule has 0 fully saturated rings. The molecule has 0 bridgehead atoms. The highest BCUT2D eigenvalue weighted by molar-refractivity contribution is 5.91. The third kappa shape index (κ3) is 4.81. The summed E-state index contributed by atoms with van der Waals surface area (Å²) in [5.41, 5.74) is 2.03. The lowest BCUT2D eigenvalue weighted by molar-refractivity contribution is -0.385. The van der Waals surface area contributed by atoms with Crippen LogP contribution in [0, 0.1) is 24.0 Å². The molecule has 0 saturated heterocycles. The van der Waals surface area contributed by atoms with E-state index < -0.39 is 4.92 Å². The Morgan fingerprint density at radius 2 is 1.92 bits per heavy atom. The predicted molar refractivity (Wildman–Crippen MR) is 92.4 cm³/mol. The molecule has 0 aliphatic carbocycles. The molecule has 6 heteroatoms. The Bertz CT molecular complexity index is 744. The fourth-order valence-electron chi connectivity index (χ4n) is 2.24. The number of hydrogen-bond acceptors (Lipinski definition) is 4. The molecule has 0 atom stereocenters. The zero-order chi connectivity index (χ0) is 17.5. The Kier molecular flexibility index (Phi) is 5.89. The molecule has 2 aromatic carbocycles. The van der Waals surface area contributed by atoms with Crippen molar-refractivity contribution in [2.24, 2.45) is 0 Å². The third-order valence-electron chi connectivity index (χ3n) is 3.59. The van der Waals surface area contributed by atoms with Gasteiger partial charge in [0.2, 0.25) is 5.91 Å². The number of aryl methyl sites for hydroxylation is 2. The molecule has 1 amide bonds. The van der Waals surface area contributed by atoms with Crippen molar-refractivity contribution in [2.45, 2.75) is 26.7 Å². The number of carbonyl (C=O) groups excluding carboxylic acids is 1. The van der Waals surface area contributed by atoms with Gasteiger partial charge in [0.15, 0.2) is 0 Å². The molecule has 1 N–H and O–H groups in total. The molecule has 2 aromatic rings. The van der Waals surface area contributed by atoms with Crippen LogP contribution < -0.4 is 10.1 Å². The number of rotatable bonds is 7. The van der Waals surface area contributed by atoms with E-state index in [0.717, 1.165) is 11.3 Å². The number of anilines is 1. The highest BCUT2D eigenvalue weighted by atomic mass is 16.6. The fourth-order valence-corrected chi connectivity index (χ4v) is 2.24. The van der Waals surface area contributed by atoms with Crippen LogP contribution >= 0.6 is 0 Å². The van der Waals surface area contributed by atoms with Gasteiger partial charge in [-0.1, -0.05) is 24.3 Å². The van der Waals surface area contributed by atoms with E-state index in [9.17, 15) is 14.9 Å². The maximum Gasteiger partial charge on any atom is 0.274 e. The first-order chi connectivity index (χ1) is 11.5. The summed E-state index contributed by atoms with van der Waals surface area (Å²) in [6, 6.07) is 12.3. The molecule has 0 unspecified atom stereocenters. The van der Waals surface area contributed by atoms with E-state index in [4.69, 9.17) is 4.74 Å². The predicted octanol–water partition coefficient (Wildman–Crippen LogP) is 4.01. The van der Waals surface area contributed by atoms with Crippen LogP contribution in [0.5, 0.6) is 5.75 Å². The van der Waals surface area contributed by atoms with Crippen molar-refractivity contribution in [3.8, 4) is 5.75 Å². The van der Waals surface area contributed by atoms with Gasteiger partial charge in [-0.15, -0.1) is 0 Å². The Morgan fingerprint density at radius 1 is 1.17 bits per heavy atom. The van der Waals surface area contributed by atoms with Crippen LogP contribution in [0.4, 0.5) is 11.4 Å². The second kappa shape index (κ2) is 8.10. The molecular formula is C18H20N2O4. The van der Waals surface area contributed by atoms with Gasteiger partial charge in [-0.3, -0.25) is 14.9 Å². The van der Waals surface area contributed by atoms with Gasteiger partial charge in [0.25, 0.3) is 5.69 Å². The number of hydrogen-bond donors (Lipinski definition) is 1. The van der Waals surface area contributed by atoms with Crippen LogP contribution in [0.15, 0.2) is 42.5 Å². The van der Waals surface area contributed by atoms with E-state index in [1.54, 1.807) is 19.1 Å². The van der Waals surface area contributed by atoms with Gasteiger partial charge in [-0.2, -0.15) is 0 Å². The number of nitro groups is 1. The highest BCUT2D eigenvalue weighted by Crippen LogP contribution is 2.22. The maximum absolute atomic E-state index is 11.9. The largest absolute Gasteiger partial charge is 0.493 e. The third-order valence-corrected chi connectivity index (χ3v) is 3.59. The normalized spacial score (nSPS) is 10.2. The molecule has 0 saturated carbocycles. The first-order valence-corrected chi connectivity index (χ1v) is 7.70. The van der Waals surface area contributed by atoms with Crippen LogP contribution in [-0.2, 0) is 4.79 Å². The average molecular weight is 328 g/mol. The molecule has 0 aliphatic rings. The van der Waals surface area contributed by atoms with Crippen LogP contribution in [0.1, 0.15) is 24.0 Å². The van der Waals surface area contributed by atoms with Crippen molar-refractivity contribution in [2.75, 3.05) is 11.9 Å². The average Bonchev–Trinajstić information content (AvgIpc) is 2.54. The molecule has 0 heterocycles. The summed E-state index contributed by atoms with van der Waals surface area (Å²) in [4.78, 5) is 22.4. The lowest BCUT2D eigenvalue weighted by Crippen LogP contribution is -2.13. The standard InChI is InChI=1S/C18H20N2O4/c1-13-9-10-15(12-16(13)20(22)23)19-18(21)8-5-11-24-17-7-4-3-6-14(17)2/h3-4,6-7,9-10,12H,5,8,11H2,1-2H3,(H,19,21). The van der Waals surface area contributed by atoms with E-state index in [0.29, 0.717) is 24.3 Å². The van der Waals surface area contributed by atoms with Crippen molar-refractivity contribution in [1.82, 2.24) is 0 Å². The summed E-state index contributed by atoms with van der Waals surface area (Å²) in [5, 5.41) is 13.6. The van der Waals surface area contributed by atoms with E-state index in [1.165, 1.54) is 6.07 Å². The van der Waals surface area contributed by atoms with Gasteiger partial charge in [0.05, 0.1) is 11.5 Å². The molecule has 126 valence electrons. The minimum Gasteiger partial charge on any atom is -0.493 e. The summed E-state index contributed by atoms with van der Waals surface area (Å²) in [7, 11) is 0. The number of benzene rings is 2. The number of nitro benzene ring substituents is 1. The van der Waals surface area contributed by atoms with Crippen molar-refractivity contribution in [3.63, 3.8) is 0 Å². The molecule has 0 aromatic heterocycles. The summed E-state index contributed by atoms with van der Waals surface area (Å²) in [5.74, 6) is 0.619. The highest BCUT2D eigenvalue weighted by Gasteiger charge is 2.12. The maximum atomic E-state index is 11.9. The van der Waals surface area contributed by atoms with Crippen LogP contribution in [0.3, 0.4) is 0 Å². The molecular weight excluding hydrogens is 308 g/mol. The van der Waals surface area contributed by atoms with E-state index in [1.807, 2.05) is 31.2 Å². The second-order valence-electron chi connectivity index (χ2n) is 5.52. The number of carbonyl (C=O) groups is 1. The smallest absolute Gasteiger partial charge is 0.274 e. The zero-order valence-electron chi connectivity index (χ0n) is 13.7. The van der Waals surface area contributed by atoms with Gasteiger partial charge in [0, 0.05) is 23.7 Å². The van der Waals surface area contributed by atoms with Crippen LogP contribution in [0.2, 0.25) is 0 Å². The Balaban J connectivity index is 1.80. The van der Waals surface area contributed by atoms with Gasteiger partial charge in [0.1, 0.15) is 5.75 Å². The zero-order valence-corrected chi connectivity index (χ0v) is 13.7. The van der Waals surface area contributed by atoms with Crippen molar-refractivity contribution in [3.05, 3.63) is 63.7 Å². The number of nitrogens with one attached hydrogen (secondary N) is 1. The number of ether oxygens (including phenoxy) is 1. The van der Waals surface area contributed by atoms with Crippen molar-refractivity contribution < 1.29 is 14.5 Å². The fraction of sp³-hybridized carbons (Fsp3) is 0.278. The number of nitrogens with zero attached hydrogens (tertiary/aromatic N) is 1. The monoisotopic (exact) mass is 328 g/mol. The van der Waals surface area contributed by atoms with Crippen LogP contribution in [0.25, 0.3) is 0 Å². The molecule has 0 aliphatic heterocycles. The molecule has 0 spiro atoms. The minimum atomic E-state index is -0.457. The van der Waals surface area contributed by atoms with Gasteiger partial charge in [-0.25, -0.2) is 0 Å². The van der Waals surface area contributed by atoms with Gasteiger partial charge >= 0.3 is 0 Å². The SMILES string of the molecule is Cc1ccccc1OCCCC(=O)Nc1ccc(C)c([N+](=O)[O-])c1. The molecule has 24 heavy (non-hydrogen) atoms. The first-order valence-electron chi connectivity index (χ1n) is 7.70. The van der Waals surface area contributed by atoms with Crippen LogP contribution in [-0.4, -0.2) is 17.4 Å². The summed E-state index contributed by atoms with van der Waals surface area (Å²) in [6.45, 7) is 4.06. The lowest BCUT2D eigenvalue weighted by Gasteiger charge is -2.09. The van der Waals surface area contributed by atoms with Gasteiger partial charge in [-0.05, 0) is 38.0 Å². The Hall–Kier alpha value is -2.89. The van der Waals surface area contributed by atoms with E-state index >= 15 is 0 Å². The summed E-state index contributed by atoms with van der Waals surface area (Å²) >= 11 is 0. The van der Waals surface area contributed by atoms with Gasteiger partial charge < -0.3 is 10.1 Å². The minimum absolute atomic E-state index is 0.00399. The topological polar surface area (TPSA) is 81.5 Å². The molecule has 6 nitrogen and oxygen atoms in total. The second-order valence-corrected chi connectivity index (χ2v) is 5.52. The Morgan fingerprint density at radius 3 is 2.62 bits per heavy atom. The number of para-hydroxylation sites is 1. The Labute approximate surface area is 140 Å². The summed E-state index contributed by atoms with van der Waals surface area (Å²) in [6.07, 6.45) is 0.849. The van der Waals surface area contributed by atoms with E-state index in [-0.39, 0.29) is 18.0 Å². The summed E-state index contributed by atoms with van der Waals surface area (Å²) < 4.78 is 5.63. The number of amides is 1. The lowest BCUT2D eigenvalue weighted by atomic mass is 10.2. The van der Waals surface area contributed by atoms with Crippen molar-refractivity contribution >= 4 is 17.3 Å². The molecule has 2 rings (SSSR count). The van der Waals surface area contributed by atoms with Crippen molar-refractivity contribution in [1.29, 1.82) is 0 Å². The first kappa shape index (κ1) is 17.5. The quantitative estimate of drug-likeness (QED) is 0.473. The van der Waals surface area contributed by atoms with E-state index in [2.05, 4.69) is 5.32 Å².